The van der Waals surface area contributed by atoms with E-state index in [-0.39, 0.29) is 18.3 Å². The summed E-state index contributed by atoms with van der Waals surface area (Å²) in [4.78, 5) is 12.1. The quantitative estimate of drug-likeness (QED) is 0.747. The topological polar surface area (TPSA) is 69.6 Å². The molecule has 0 saturated heterocycles. The molecule has 3 N–H and O–H groups in total. The van der Waals surface area contributed by atoms with Crippen molar-refractivity contribution in [3.8, 4) is 17.6 Å². The van der Waals surface area contributed by atoms with E-state index in [1.807, 2.05) is 0 Å². The second kappa shape index (κ2) is 6.80. The fourth-order valence-electron chi connectivity index (χ4n) is 1.65. The maximum absolute atomic E-state index is 12.1. The normalized spacial score (nSPS) is 9.62. The maximum Gasteiger partial charge on any atom is 0.255 e. The monoisotopic (exact) mass is 301 g/mol. The minimum absolute atomic E-state index is 0.0888. The Bertz CT molecular complexity index is 715. The molecule has 0 bridgehead atoms. The molecule has 0 aliphatic rings. The summed E-state index contributed by atoms with van der Waals surface area (Å²) in [5, 5.41) is 20.9. The minimum Gasteiger partial charge on any atom is -0.508 e. The van der Waals surface area contributed by atoms with Crippen LogP contribution in [0.25, 0.3) is 0 Å². The summed E-state index contributed by atoms with van der Waals surface area (Å²) in [6.45, 7) is -0.238. The number of halogens is 1. The van der Waals surface area contributed by atoms with Gasteiger partial charge in [-0.1, -0.05) is 23.4 Å². The van der Waals surface area contributed by atoms with E-state index >= 15 is 0 Å². The van der Waals surface area contributed by atoms with Gasteiger partial charge in [0.15, 0.2) is 0 Å². The molecule has 0 aromatic heterocycles. The van der Waals surface area contributed by atoms with Gasteiger partial charge in [-0.2, -0.15) is 0 Å². The molecule has 0 spiro atoms. The molecule has 5 heteroatoms. The highest BCUT2D eigenvalue weighted by Gasteiger charge is 2.09. The Morgan fingerprint density at radius 2 is 1.90 bits per heavy atom. The molecule has 2 rings (SSSR count). The Morgan fingerprint density at radius 1 is 1.19 bits per heavy atom. The Balaban J connectivity index is 2.22. The van der Waals surface area contributed by atoms with Crippen molar-refractivity contribution >= 4 is 23.2 Å². The van der Waals surface area contributed by atoms with Crippen molar-refractivity contribution in [3.63, 3.8) is 0 Å². The smallest absolute Gasteiger partial charge is 0.255 e. The molecule has 0 unspecified atom stereocenters. The van der Waals surface area contributed by atoms with Gasteiger partial charge in [0.25, 0.3) is 5.91 Å². The van der Waals surface area contributed by atoms with Gasteiger partial charge in [0, 0.05) is 11.1 Å². The van der Waals surface area contributed by atoms with Crippen LogP contribution in [0.15, 0.2) is 42.5 Å². The van der Waals surface area contributed by atoms with Gasteiger partial charge in [0.05, 0.1) is 10.7 Å². The van der Waals surface area contributed by atoms with Gasteiger partial charge in [-0.3, -0.25) is 4.79 Å². The van der Waals surface area contributed by atoms with Crippen LogP contribution in [-0.2, 0) is 0 Å². The van der Waals surface area contributed by atoms with Crippen LogP contribution in [0.5, 0.6) is 5.75 Å². The second-order valence-electron chi connectivity index (χ2n) is 4.16. The van der Waals surface area contributed by atoms with Gasteiger partial charge < -0.3 is 15.5 Å². The molecule has 0 radical (unpaired) electrons. The van der Waals surface area contributed by atoms with E-state index in [4.69, 9.17) is 16.7 Å². The van der Waals surface area contributed by atoms with Gasteiger partial charge in [0.1, 0.15) is 12.4 Å². The number of nitrogens with one attached hydrogen (secondary N) is 1. The molecular formula is C16H12ClNO3. The zero-order chi connectivity index (χ0) is 15.2. The second-order valence-corrected chi connectivity index (χ2v) is 4.56. The van der Waals surface area contributed by atoms with E-state index in [9.17, 15) is 9.90 Å². The molecule has 0 fully saturated rings. The predicted molar refractivity (Wildman–Crippen MR) is 81.5 cm³/mol. The summed E-state index contributed by atoms with van der Waals surface area (Å²) in [6, 6.07) is 10.8. The van der Waals surface area contributed by atoms with Crippen molar-refractivity contribution in [2.75, 3.05) is 11.9 Å². The molecule has 0 heterocycles. The number of benzene rings is 2. The lowest BCUT2D eigenvalue weighted by Crippen LogP contribution is -2.12. The Morgan fingerprint density at radius 3 is 2.57 bits per heavy atom. The molecule has 2 aromatic carbocycles. The minimum atomic E-state index is -0.343. The summed E-state index contributed by atoms with van der Waals surface area (Å²) < 4.78 is 0. The molecule has 21 heavy (non-hydrogen) atoms. The van der Waals surface area contributed by atoms with Gasteiger partial charge in [-0.05, 0) is 42.5 Å². The number of anilines is 1. The zero-order valence-electron chi connectivity index (χ0n) is 10.9. The summed E-state index contributed by atoms with van der Waals surface area (Å²) in [6.07, 6.45) is 0. The number of hydrogen-bond acceptors (Lipinski definition) is 3. The zero-order valence-corrected chi connectivity index (χ0v) is 11.7. The van der Waals surface area contributed by atoms with Crippen molar-refractivity contribution < 1.29 is 15.0 Å². The molecule has 106 valence electrons. The SMILES string of the molecule is O=C(Nc1cc(C#CCO)ccc1Cl)c1ccc(O)cc1. The molecule has 2 aromatic rings. The number of phenols is 1. The fourth-order valence-corrected chi connectivity index (χ4v) is 1.81. The van der Waals surface area contributed by atoms with Crippen LogP contribution in [0.2, 0.25) is 5.02 Å². The van der Waals surface area contributed by atoms with Crippen molar-refractivity contribution in [2.24, 2.45) is 0 Å². The van der Waals surface area contributed by atoms with Crippen LogP contribution >= 0.6 is 11.6 Å². The van der Waals surface area contributed by atoms with Crippen molar-refractivity contribution in [1.29, 1.82) is 0 Å². The average molecular weight is 302 g/mol. The highest BCUT2D eigenvalue weighted by Crippen LogP contribution is 2.23. The van der Waals surface area contributed by atoms with E-state index in [0.29, 0.717) is 21.8 Å². The highest BCUT2D eigenvalue weighted by atomic mass is 35.5. The highest BCUT2D eigenvalue weighted by molar-refractivity contribution is 6.34. The van der Waals surface area contributed by atoms with Crippen LogP contribution in [0.1, 0.15) is 15.9 Å². The predicted octanol–water partition coefficient (Wildman–Crippen LogP) is 2.64. The lowest BCUT2D eigenvalue weighted by Gasteiger charge is -2.08. The van der Waals surface area contributed by atoms with Crippen molar-refractivity contribution in [3.05, 3.63) is 58.6 Å². The van der Waals surface area contributed by atoms with Gasteiger partial charge in [0.2, 0.25) is 0 Å². The number of aliphatic hydroxyl groups excluding tert-OH is 1. The number of hydrogen-bond donors (Lipinski definition) is 3. The summed E-state index contributed by atoms with van der Waals surface area (Å²) in [5.41, 5.74) is 1.46. The summed E-state index contributed by atoms with van der Waals surface area (Å²) >= 11 is 6.03. The molecule has 0 aliphatic heterocycles. The Labute approximate surface area is 127 Å². The van der Waals surface area contributed by atoms with E-state index in [1.165, 1.54) is 24.3 Å². The molecule has 1 amide bonds. The van der Waals surface area contributed by atoms with E-state index in [1.54, 1.807) is 18.2 Å². The largest absolute Gasteiger partial charge is 0.508 e. The first-order valence-electron chi connectivity index (χ1n) is 6.10. The van der Waals surface area contributed by atoms with E-state index in [2.05, 4.69) is 17.2 Å². The molecule has 0 atom stereocenters. The number of carbonyl (C=O) groups excluding carboxylic acids is 1. The van der Waals surface area contributed by atoms with Gasteiger partial charge >= 0.3 is 0 Å². The fraction of sp³-hybridized carbons (Fsp3) is 0.0625. The van der Waals surface area contributed by atoms with Crippen LogP contribution in [0, 0.1) is 11.8 Å². The molecule has 0 saturated carbocycles. The third-order valence-electron chi connectivity index (χ3n) is 2.66. The van der Waals surface area contributed by atoms with Crippen LogP contribution < -0.4 is 5.32 Å². The standard InChI is InChI=1S/C16H12ClNO3/c17-14-8-3-11(2-1-9-19)10-15(14)18-16(21)12-4-6-13(20)7-5-12/h3-8,10,19-20H,9H2,(H,18,21). The summed E-state index contributed by atoms with van der Waals surface area (Å²) in [5.74, 6) is 5.01. The lowest BCUT2D eigenvalue weighted by atomic mass is 10.1. The third-order valence-corrected chi connectivity index (χ3v) is 2.99. The van der Waals surface area contributed by atoms with Gasteiger partial charge in [-0.15, -0.1) is 0 Å². The maximum atomic E-state index is 12.1. The number of carbonyl (C=O) groups is 1. The van der Waals surface area contributed by atoms with Crippen LogP contribution in [-0.4, -0.2) is 22.7 Å². The first-order valence-corrected chi connectivity index (χ1v) is 6.47. The van der Waals surface area contributed by atoms with Crippen LogP contribution in [0.4, 0.5) is 5.69 Å². The van der Waals surface area contributed by atoms with E-state index < -0.39 is 0 Å². The first-order chi connectivity index (χ1) is 10.1. The Kier molecular flexibility index (Phi) is 4.83. The Hall–Kier alpha value is -2.48. The molecule has 0 aliphatic carbocycles. The van der Waals surface area contributed by atoms with Crippen molar-refractivity contribution in [2.45, 2.75) is 0 Å². The molecular weight excluding hydrogens is 290 g/mol. The third kappa shape index (κ3) is 3.99. The number of rotatable bonds is 2. The average Bonchev–Trinajstić information content (AvgIpc) is 2.48. The number of amides is 1. The van der Waals surface area contributed by atoms with E-state index in [0.717, 1.165) is 0 Å². The first kappa shape index (κ1) is 14.9. The van der Waals surface area contributed by atoms with Crippen LogP contribution in [0.3, 0.4) is 0 Å². The molecule has 4 nitrogen and oxygen atoms in total. The lowest BCUT2D eigenvalue weighted by molar-refractivity contribution is 0.102. The van der Waals surface area contributed by atoms with Gasteiger partial charge in [-0.25, -0.2) is 0 Å². The number of phenolic OH excluding ortho intramolecular Hbond substituents is 1. The number of aromatic hydroxyl groups is 1. The van der Waals surface area contributed by atoms with Crippen molar-refractivity contribution in [1.82, 2.24) is 0 Å². The number of aliphatic hydroxyl groups is 1. The summed E-state index contributed by atoms with van der Waals surface area (Å²) in [7, 11) is 0.